The van der Waals surface area contributed by atoms with Crippen LogP contribution in [0.1, 0.15) is 32.7 Å². The van der Waals surface area contributed by atoms with Crippen LogP contribution in [0.4, 0.5) is 0 Å². The van der Waals surface area contributed by atoms with Gasteiger partial charge in [0.2, 0.25) is 0 Å². The number of piperidine rings is 1. The highest BCUT2D eigenvalue weighted by Gasteiger charge is 2.34. The lowest BCUT2D eigenvalue weighted by atomic mass is 10.0. The van der Waals surface area contributed by atoms with Gasteiger partial charge in [-0.2, -0.15) is 5.10 Å². The van der Waals surface area contributed by atoms with E-state index in [0.29, 0.717) is 25.3 Å². The molecule has 4 rings (SSSR count). The topological polar surface area (TPSA) is 68.6 Å². The van der Waals surface area contributed by atoms with Gasteiger partial charge in [-0.25, -0.2) is 4.68 Å². The lowest BCUT2D eigenvalue weighted by molar-refractivity contribution is 0.149. The average Bonchev–Trinajstić information content (AvgIpc) is 3.22. The predicted octanol–water partition coefficient (Wildman–Crippen LogP) is 2.32. The molecule has 2 unspecified atom stereocenters. The SMILES string of the molecule is COc1cccc(-c2ccc(=O)n(C3COCC3NC3CCN(C(C)C)CC3)n2)c1. The van der Waals surface area contributed by atoms with Gasteiger partial charge >= 0.3 is 0 Å². The number of hydrogen-bond acceptors (Lipinski definition) is 6. The molecule has 2 aliphatic rings. The Bertz CT molecular complexity index is 905. The van der Waals surface area contributed by atoms with Gasteiger partial charge in [0.1, 0.15) is 5.75 Å². The second-order valence-corrected chi connectivity index (χ2v) is 8.52. The lowest BCUT2D eigenvalue weighted by Crippen LogP contribution is -2.50. The summed E-state index contributed by atoms with van der Waals surface area (Å²) in [5.41, 5.74) is 1.58. The van der Waals surface area contributed by atoms with E-state index in [9.17, 15) is 4.79 Å². The van der Waals surface area contributed by atoms with E-state index in [2.05, 4.69) is 24.1 Å². The van der Waals surface area contributed by atoms with Crippen molar-refractivity contribution in [1.82, 2.24) is 20.0 Å². The normalized spacial score (nSPS) is 23.2. The molecule has 162 valence electrons. The summed E-state index contributed by atoms with van der Waals surface area (Å²) in [5.74, 6) is 0.767. The highest BCUT2D eigenvalue weighted by atomic mass is 16.5. The molecule has 1 aromatic heterocycles. The molecule has 2 saturated heterocycles. The predicted molar refractivity (Wildman–Crippen MR) is 117 cm³/mol. The van der Waals surface area contributed by atoms with Crippen LogP contribution < -0.4 is 15.6 Å². The van der Waals surface area contributed by atoms with Gasteiger partial charge in [-0.15, -0.1) is 0 Å². The first-order valence-electron chi connectivity index (χ1n) is 10.9. The van der Waals surface area contributed by atoms with Crippen LogP contribution in [0.3, 0.4) is 0 Å². The third kappa shape index (κ3) is 4.58. The minimum absolute atomic E-state index is 0.0892. The van der Waals surface area contributed by atoms with E-state index >= 15 is 0 Å². The Labute approximate surface area is 178 Å². The summed E-state index contributed by atoms with van der Waals surface area (Å²) >= 11 is 0. The summed E-state index contributed by atoms with van der Waals surface area (Å²) < 4.78 is 12.7. The fourth-order valence-corrected chi connectivity index (χ4v) is 4.43. The third-order valence-electron chi connectivity index (χ3n) is 6.26. The van der Waals surface area contributed by atoms with E-state index in [0.717, 1.165) is 42.9 Å². The molecular formula is C23H32N4O3. The number of hydrogen-bond donors (Lipinski definition) is 1. The van der Waals surface area contributed by atoms with Crippen molar-refractivity contribution < 1.29 is 9.47 Å². The highest BCUT2D eigenvalue weighted by Crippen LogP contribution is 2.24. The maximum atomic E-state index is 12.7. The second-order valence-electron chi connectivity index (χ2n) is 8.52. The molecule has 0 radical (unpaired) electrons. The summed E-state index contributed by atoms with van der Waals surface area (Å²) in [6.45, 7) is 7.82. The summed E-state index contributed by atoms with van der Waals surface area (Å²) in [6.07, 6.45) is 2.24. The molecule has 0 amide bonds. The Hall–Kier alpha value is -2.22. The third-order valence-corrected chi connectivity index (χ3v) is 6.26. The minimum Gasteiger partial charge on any atom is -0.497 e. The van der Waals surface area contributed by atoms with Gasteiger partial charge in [0.15, 0.2) is 0 Å². The lowest BCUT2D eigenvalue weighted by Gasteiger charge is -2.36. The van der Waals surface area contributed by atoms with Crippen molar-refractivity contribution in [3.63, 3.8) is 0 Å². The largest absolute Gasteiger partial charge is 0.497 e. The molecule has 2 aromatic rings. The molecule has 30 heavy (non-hydrogen) atoms. The molecule has 2 aliphatic heterocycles. The van der Waals surface area contributed by atoms with Gasteiger partial charge in [-0.1, -0.05) is 12.1 Å². The molecule has 0 aliphatic carbocycles. The first-order chi connectivity index (χ1) is 14.5. The number of nitrogens with zero attached hydrogens (tertiary/aromatic N) is 3. The number of ether oxygens (including phenoxy) is 2. The minimum atomic E-state index is -0.105. The molecule has 3 heterocycles. The van der Waals surface area contributed by atoms with Crippen molar-refractivity contribution in [1.29, 1.82) is 0 Å². The molecule has 7 heteroatoms. The average molecular weight is 413 g/mol. The van der Waals surface area contributed by atoms with Crippen molar-refractivity contribution in [2.45, 2.75) is 50.9 Å². The molecule has 0 bridgehead atoms. The fraction of sp³-hybridized carbons (Fsp3) is 0.565. The quantitative estimate of drug-likeness (QED) is 0.785. The van der Waals surface area contributed by atoms with Crippen LogP contribution in [0.15, 0.2) is 41.2 Å². The van der Waals surface area contributed by atoms with Gasteiger partial charge < -0.3 is 19.7 Å². The first kappa shape index (κ1) is 21.0. The number of benzene rings is 1. The Kier molecular flexibility index (Phi) is 6.51. The van der Waals surface area contributed by atoms with Gasteiger partial charge in [0, 0.05) is 23.7 Å². The van der Waals surface area contributed by atoms with Crippen LogP contribution in [-0.2, 0) is 4.74 Å². The van der Waals surface area contributed by atoms with Crippen LogP contribution in [0.2, 0.25) is 0 Å². The Morgan fingerprint density at radius 1 is 1.17 bits per heavy atom. The van der Waals surface area contributed by atoms with E-state index < -0.39 is 0 Å². The van der Waals surface area contributed by atoms with E-state index in [4.69, 9.17) is 14.6 Å². The van der Waals surface area contributed by atoms with Gasteiger partial charge in [-0.05, 0) is 58.0 Å². The highest BCUT2D eigenvalue weighted by molar-refractivity contribution is 5.60. The van der Waals surface area contributed by atoms with E-state index in [1.165, 1.54) is 0 Å². The van der Waals surface area contributed by atoms with Crippen LogP contribution >= 0.6 is 0 Å². The molecule has 1 N–H and O–H groups in total. The number of aromatic nitrogens is 2. The smallest absolute Gasteiger partial charge is 0.267 e. The van der Waals surface area contributed by atoms with Crippen molar-refractivity contribution in [3.8, 4) is 17.0 Å². The zero-order valence-electron chi connectivity index (χ0n) is 18.1. The van der Waals surface area contributed by atoms with Gasteiger partial charge in [0.25, 0.3) is 5.56 Å². The number of nitrogens with one attached hydrogen (secondary N) is 1. The molecule has 1 aromatic carbocycles. The number of likely N-dealkylation sites (tertiary alicyclic amines) is 1. The van der Waals surface area contributed by atoms with Crippen LogP contribution in [0.5, 0.6) is 5.75 Å². The van der Waals surface area contributed by atoms with Gasteiger partial charge in [-0.3, -0.25) is 4.79 Å². The Morgan fingerprint density at radius 2 is 1.97 bits per heavy atom. The van der Waals surface area contributed by atoms with Crippen LogP contribution in [-0.4, -0.2) is 66.2 Å². The van der Waals surface area contributed by atoms with Crippen LogP contribution in [0, 0.1) is 0 Å². The molecule has 0 spiro atoms. The first-order valence-corrected chi connectivity index (χ1v) is 10.9. The van der Waals surface area contributed by atoms with Crippen molar-refractivity contribution in [2.24, 2.45) is 0 Å². The summed E-state index contributed by atoms with van der Waals surface area (Å²) in [7, 11) is 1.64. The molecule has 0 saturated carbocycles. The standard InChI is InChI=1S/C23H32N4O3/c1-16(2)26-11-9-18(10-12-26)24-21-14-30-15-22(21)27-23(28)8-7-20(25-27)17-5-4-6-19(13-17)29-3/h4-8,13,16,18,21-22,24H,9-12,14-15H2,1-3H3. The Morgan fingerprint density at radius 3 is 2.70 bits per heavy atom. The molecular weight excluding hydrogens is 380 g/mol. The summed E-state index contributed by atoms with van der Waals surface area (Å²) in [6, 6.07) is 12.1. The van der Waals surface area contributed by atoms with Crippen molar-refractivity contribution in [3.05, 3.63) is 46.8 Å². The second kappa shape index (κ2) is 9.29. The summed E-state index contributed by atoms with van der Waals surface area (Å²) in [5, 5.41) is 8.46. The van der Waals surface area contributed by atoms with Gasteiger partial charge in [0.05, 0.1) is 38.1 Å². The molecule has 7 nitrogen and oxygen atoms in total. The van der Waals surface area contributed by atoms with E-state index in [1.807, 2.05) is 24.3 Å². The van der Waals surface area contributed by atoms with Crippen LogP contribution in [0.25, 0.3) is 11.3 Å². The summed E-state index contributed by atoms with van der Waals surface area (Å²) in [4.78, 5) is 15.2. The van der Waals surface area contributed by atoms with E-state index in [1.54, 1.807) is 23.9 Å². The zero-order valence-corrected chi connectivity index (χ0v) is 18.1. The maximum absolute atomic E-state index is 12.7. The Balaban J connectivity index is 1.50. The molecule has 2 atom stereocenters. The van der Waals surface area contributed by atoms with E-state index in [-0.39, 0.29) is 17.6 Å². The van der Waals surface area contributed by atoms with Crippen molar-refractivity contribution >= 4 is 0 Å². The monoisotopic (exact) mass is 412 g/mol. The fourth-order valence-electron chi connectivity index (χ4n) is 4.43. The maximum Gasteiger partial charge on any atom is 0.267 e. The molecule has 2 fully saturated rings. The number of methoxy groups -OCH3 is 1. The number of rotatable bonds is 6. The van der Waals surface area contributed by atoms with Crippen molar-refractivity contribution in [2.75, 3.05) is 33.4 Å². The zero-order chi connectivity index (χ0) is 21.1.